The molecule has 0 spiro atoms. The number of piperidine rings is 1. The minimum absolute atomic E-state index is 0.345. The van der Waals surface area contributed by atoms with E-state index >= 15 is 0 Å². The number of primary amides is 1. The fraction of sp³-hybridized carbons (Fsp3) is 0.258. The Labute approximate surface area is 247 Å². The van der Waals surface area contributed by atoms with Crippen LogP contribution in [-0.2, 0) is 0 Å². The maximum absolute atomic E-state index is 12.3. The third kappa shape index (κ3) is 5.79. The van der Waals surface area contributed by atoms with E-state index in [9.17, 15) is 4.79 Å². The number of halogens is 1. The van der Waals surface area contributed by atoms with Gasteiger partial charge in [0.1, 0.15) is 33.9 Å². The first kappa shape index (κ1) is 27.3. The number of anilines is 1. The number of likely N-dealkylation sites (tertiary alicyclic amines) is 1. The molecule has 1 fully saturated rings. The van der Waals surface area contributed by atoms with Gasteiger partial charge in [0.05, 0.1) is 11.0 Å². The lowest BCUT2D eigenvalue weighted by Gasteiger charge is -2.29. The summed E-state index contributed by atoms with van der Waals surface area (Å²) in [4.78, 5) is 24.3. The Morgan fingerprint density at radius 2 is 1.88 bits per heavy atom. The van der Waals surface area contributed by atoms with Crippen LogP contribution < -0.4 is 15.8 Å². The molecule has 10 heteroatoms. The quantitative estimate of drug-likeness (QED) is 0.214. The zero-order chi connectivity index (χ0) is 28.5. The molecule has 0 aliphatic carbocycles. The molecule has 0 radical (unpaired) electrons. The molecule has 3 aromatic heterocycles. The summed E-state index contributed by atoms with van der Waals surface area (Å²) in [6.45, 7) is 4.10. The van der Waals surface area contributed by atoms with Crippen LogP contribution in [0, 0.1) is 0 Å². The van der Waals surface area contributed by atoms with Crippen LogP contribution in [0.3, 0.4) is 0 Å². The van der Waals surface area contributed by atoms with Crippen molar-refractivity contribution in [1.29, 1.82) is 0 Å². The van der Waals surface area contributed by atoms with Gasteiger partial charge in [-0.25, -0.2) is 9.97 Å². The van der Waals surface area contributed by atoms with Crippen LogP contribution >= 0.6 is 22.9 Å². The van der Waals surface area contributed by atoms with Crippen molar-refractivity contribution < 1.29 is 9.53 Å². The van der Waals surface area contributed by atoms with E-state index in [2.05, 4.69) is 39.4 Å². The van der Waals surface area contributed by atoms with Crippen LogP contribution in [0.25, 0.3) is 27.2 Å². The van der Waals surface area contributed by atoms with Gasteiger partial charge in [-0.15, -0.1) is 11.3 Å². The Kier molecular flexibility index (Phi) is 7.66. The number of hydrogen-bond acceptors (Lipinski definition) is 7. The molecule has 6 rings (SSSR count). The molecule has 4 heterocycles. The standard InChI is InChI=1S/C31H31ClN6O2S/c1-19(23-5-3-4-6-24(23)32)40-27-16-29(41-30(27)31(33)39)38-18-35-25-15-20(7-9-26(25)38)21-8-10-28(34-17-21)36-22-11-13-37(2)14-12-22/h3-10,15-19,22H,11-14H2,1-2H3,(H2,33,39)(H,34,36)/t19-/m1/s1. The third-order valence-corrected chi connectivity index (χ3v) is 8.98. The molecule has 5 aromatic rings. The molecule has 0 unspecified atom stereocenters. The molecular weight excluding hydrogens is 556 g/mol. The Hall–Kier alpha value is -3.92. The Morgan fingerprint density at radius 1 is 1.10 bits per heavy atom. The third-order valence-electron chi connectivity index (χ3n) is 7.51. The minimum atomic E-state index is -0.546. The summed E-state index contributed by atoms with van der Waals surface area (Å²) in [7, 11) is 2.16. The fourth-order valence-electron chi connectivity index (χ4n) is 5.18. The number of thiophene rings is 1. The number of pyridine rings is 1. The second-order valence-electron chi connectivity index (χ2n) is 10.4. The molecule has 3 N–H and O–H groups in total. The van der Waals surface area contributed by atoms with Gasteiger partial charge in [0.15, 0.2) is 0 Å². The predicted molar refractivity (Wildman–Crippen MR) is 165 cm³/mol. The van der Waals surface area contributed by atoms with E-state index in [-0.39, 0.29) is 6.10 Å². The highest BCUT2D eigenvalue weighted by molar-refractivity contribution is 7.16. The van der Waals surface area contributed by atoms with E-state index in [0.717, 1.165) is 64.5 Å². The van der Waals surface area contributed by atoms with Gasteiger partial charge in [0, 0.05) is 34.5 Å². The number of hydrogen-bond donors (Lipinski definition) is 2. The summed E-state index contributed by atoms with van der Waals surface area (Å²) in [5.41, 5.74) is 10.3. The van der Waals surface area contributed by atoms with Crippen LogP contribution in [0.2, 0.25) is 5.02 Å². The number of nitrogens with one attached hydrogen (secondary N) is 1. The molecule has 0 bridgehead atoms. The van der Waals surface area contributed by atoms with Gasteiger partial charge in [-0.2, -0.15) is 0 Å². The van der Waals surface area contributed by atoms with Crippen molar-refractivity contribution in [2.24, 2.45) is 5.73 Å². The van der Waals surface area contributed by atoms with Crippen molar-refractivity contribution in [1.82, 2.24) is 19.4 Å². The van der Waals surface area contributed by atoms with Gasteiger partial charge in [-0.05, 0) is 75.8 Å². The van der Waals surface area contributed by atoms with Crippen molar-refractivity contribution >= 4 is 45.7 Å². The second-order valence-corrected chi connectivity index (χ2v) is 11.8. The number of ether oxygens (including phenoxy) is 1. The van der Waals surface area contributed by atoms with Crippen LogP contribution in [0.15, 0.2) is 73.2 Å². The Balaban J connectivity index is 1.22. The number of carbonyl (C=O) groups excluding carboxylic acids is 1. The smallest absolute Gasteiger partial charge is 0.262 e. The zero-order valence-corrected chi connectivity index (χ0v) is 24.5. The van der Waals surface area contributed by atoms with E-state index in [1.807, 2.05) is 66.2 Å². The lowest BCUT2D eigenvalue weighted by atomic mass is 10.1. The van der Waals surface area contributed by atoms with E-state index < -0.39 is 5.91 Å². The lowest BCUT2D eigenvalue weighted by molar-refractivity contribution is 0.0998. The first-order chi connectivity index (χ1) is 19.9. The van der Waals surface area contributed by atoms with Gasteiger partial charge < -0.3 is 20.7 Å². The number of aromatic nitrogens is 3. The van der Waals surface area contributed by atoms with Crippen molar-refractivity contribution in [3.63, 3.8) is 0 Å². The molecule has 1 aliphatic rings. The monoisotopic (exact) mass is 586 g/mol. The van der Waals surface area contributed by atoms with Crippen molar-refractivity contribution in [2.45, 2.75) is 31.9 Å². The number of carbonyl (C=O) groups is 1. The predicted octanol–water partition coefficient (Wildman–Crippen LogP) is 6.55. The maximum atomic E-state index is 12.3. The van der Waals surface area contributed by atoms with Crippen LogP contribution in [0.5, 0.6) is 5.75 Å². The minimum Gasteiger partial charge on any atom is -0.484 e. The largest absolute Gasteiger partial charge is 0.484 e. The summed E-state index contributed by atoms with van der Waals surface area (Å²) >= 11 is 7.63. The summed E-state index contributed by atoms with van der Waals surface area (Å²) in [5, 5.41) is 4.95. The van der Waals surface area contributed by atoms with E-state index in [0.29, 0.717) is 21.7 Å². The molecule has 0 saturated carbocycles. The zero-order valence-electron chi connectivity index (χ0n) is 22.9. The number of fused-ring (bicyclic) bond motifs is 1. The Morgan fingerprint density at radius 3 is 2.61 bits per heavy atom. The topological polar surface area (TPSA) is 98.3 Å². The highest BCUT2D eigenvalue weighted by Gasteiger charge is 2.21. The van der Waals surface area contributed by atoms with Crippen molar-refractivity contribution in [3.8, 4) is 21.9 Å². The molecule has 210 valence electrons. The average Bonchev–Trinajstić information content (AvgIpc) is 3.59. The molecule has 1 atom stereocenters. The summed E-state index contributed by atoms with van der Waals surface area (Å²) in [6.07, 6.45) is 5.53. The first-order valence-corrected chi connectivity index (χ1v) is 14.8. The summed E-state index contributed by atoms with van der Waals surface area (Å²) in [5.74, 6) is 0.775. The first-order valence-electron chi connectivity index (χ1n) is 13.6. The van der Waals surface area contributed by atoms with Crippen molar-refractivity contribution in [3.05, 3.63) is 88.7 Å². The Bertz CT molecular complexity index is 1690. The molecule has 1 amide bonds. The molecule has 1 saturated heterocycles. The highest BCUT2D eigenvalue weighted by atomic mass is 35.5. The summed E-state index contributed by atoms with van der Waals surface area (Å²) < 4.78 is 8.12. The molecular formula is C31H31ClN6O2S. The number of nitrogens with zero attached hydrogens (tertiary/aromatic N) is 4. The van der Waals surface area contributed by atoms with Gasteiger partial charge in [-0.3, -0.25) is 9.36 Å². The molecule has 2 aromatic carbocycles. The highest BCUT2D eigenvalue weighted by Crippen LogP contribution is 2.37. The number of amides is 1. The van der Waals surface area contributed by atoms with Crippen molar-refractivity contribution in [2.75, 3.05) is 25.5 Å². The van der Waals surface area contributed by atoms with Gasteiger partial charge >= 0.3 is 0 Å². The van der Waals surface area contributed by atoms with Crippen LogP contribution in [0.4, 0.5) is 5.82 Å². The van der Waals surface area contributed by atoms with E-state index in [1.165, 1.54) is 11.3 Å². The molecule has 41 heavy (non-hydrogen) atoms. The van der Waals surface area contributed by atoms with Crippen LogP contribution in [-0.4, -0.2) is 51.5 Å². The van der Waals surface area contributed by atoms with Gasteiger partial charge in [-0.1, -0.05) is 35.9 Å². The lowest BCUT2D eigenvalue weighted by Crippen LogP contribution is -2.36. The summed E-state index contributed by atoms with van der Waals surface area (Å²) in [6, 6.07) is 20.0. The number of nitrogens with two attached hydrogens (primary N) is 1. The number of benzene rings is 2. The fourth-order valence-corrected chi connectivity index (χ4v) is 6.40. The van der Waals surface area contributed by atoms with E-state index in [4.69, 9.17) is 22.1 Å². The number of rotatable bonds is 8. The molecule has 8 nitrogen and oxygen atoms in total. The maximum Gasteiger partial charge on any atom is 0.262 e. The molecule has 1 aliphatic heterocycles. The van der Waals surface area contributed by atoms with E-state index in [1.54, 1.807) is 6.33 Å². The number of imidazole rings is 1. The normalized spacial score (nSPS) is 15.2. The van der Waals surface area contributed by atoms with Crippen LogP contribution in [0.1, 0.15) is 41.1 Å². The average molecular weight is 587 g/mol. The van der Waals surface area contributed by atoms with Gasteiger partial charge in [0.2, 0.25) is 0 Å². The SMILES string of the molecule is C[C@@H](Oc1cc(-n2cnc3cc(-c4ccc(NC5CCN(C)CC5)nc4)ccc32)sc1C(N)=O)c1ccccc1Cl. The van der Waals surface area contributed by atoms with Gasteiger partial charge in [0.25, 0.3) is 5.91 Å². The second kappa shape index (κ2) is 11.5.